The van der Waals surface area contributed by atoms with E-state index in [9.17, 15) is 14.0 Å². The number of halogens is 1. The zero-order chi connectivity index (χ0) is 22.5. The smallest absolute Gasteiger partial charge is 0.321 e. The van der Waals surface area contributed by atoms with E-state index in [0.29, 0.717) is 35.2 Å². The summed E-state index contributed by atoms with van der Waals surface area (Å²) in [4.78, 5) is 26.9. The number of carbonyl (C=O) groups is 2. The van der Waals surface area contributed by atoms with Crippen LogP contribution in [0.3, 0.4) is 0 Å². The third kappa shape index (κ3) is 5.20. The number of aromatic nitrogens is 2. The van der Waals surface area contributed by atoms with Gasteiger partial charge in [0.1, 0.15) is 16.6 Å². The molecule has 1 fully saturated rings. The highest BCUT2D eigenvalue weighted by Crippen LogP contribution is 2.30. The van der Waals surface area contributed by atoms with Crippen LogP contribution in [0.4, 0.5) is 20.6 Å². The van der Waals surface area contributed by atoms with Crippen molar-refractivity contribution < 1.29 is 18.7 Å². The van der Waals surface area contributed by atoms with Crippen LogP contribution in [0.1, 0.15) is 33.6 Å². The van der Waals surface area contributed by atoms with Crippen molar-refractivity contribution in [3.8, 4) is 5.75 Å². The minimum atomic E-state index is -0.442. The maximum atomic E-state index is 13.3. The van der Waals surface area contributed by atoms with Crippen LogP contribution in [0.5, 0.6) is 5.75 Å². The number of rotatable bonds is 5. The van der Waals surface area contributed by atoms with Gasteiger partial charge in [-0.15, -0.1) is 10.2 Å². The van der Waals surface area contributed by atoms with Crippen molar-refractivity contribution in [3.63, 3.8) is 0 Å². The fourth-order valence-corrected chi connectivity index (χ4v) is 4.37. The number of anilines is 2. The summed E-state index contributed by atoms with van der Waals surface area (Å²) in [6, 6.07) is 12.6. The molecule has 0 spiro atoms. The zero-order valence-electron chi connectivity index (χ0n) is 17.4. The average Bonchev–Trinajstić information content (AvgIpc) is 3.30. The van der Waals surface area contributed by atoms with E-state index in [4.69, 9.17) is 4.74 Å². The molecule has 0 radical (unpaired) electrons. The molecule has 10 heteroatoms. The summed E-state index contributed by atoms with van der Waals surface area (Å²) >= 11 is 1.19. The highest BCUT2D eigenvalue weighted by atomic mass is 32.1. The molecule has 166 valence electrons. The first kappa shape index (κ1) is 21.7. The van der Waals surface area contributed by atoms with Crippen molar-refractivity contribution in [2.75, 3.05) is 30.8 Å². The SMILES string of the molecule is COc1cccc(NC(=O)N2CCC[C@@H](c3nnc(C(=O)Nc4cccc(F)c4)s3)C2)c1. The lowest BCUT2D eigenvalue weighted by Crippen LogP contribution is -2.41. The topological polar surface area (TPSA) is 96.4 Å². The molecule has 0 unspecified atom stereocenters. The number of hydrogen-bond acceptors (Lipinski definition) is 6. The van der Waals surface area contributed by atoms with Crippen LogP contribution in [-0.2, 0) is 0 Å². The van der Waals surface area contributed by atoms with Gasteiger partial charge in [-0.1, -0.05) is 23.5 Å². The molecule has 0 bridgehead atoms. The van der Waals surface area contributed by atoms with E-state index in [1.54, 1.807) is 30.2 Å². The second-order valence-electron chi connectivity index (χ2n) is 7.36. The van der Waals surface area contributed by atoms with Gasteiger partial charge in [0, 0.05) is 36.4 Å². The van der Waals surface area contributed by atoms with Crippen molar-refractivity contribution in [1.82, 2.24) is 15.1 Å². The van der Waals surface area contributed by atoms with Crippen LogP contribution < -0.4 is 15.4 Å². The third-order valence-corrected chi connectivity index (χ3v) is 6.18. The lowest BCUT2D eigenvalue weighted by atomic mass is 9.99. The molecule has 0 saturated carbocycles. The van der Waals surface area contributed by atoms with E-state index < -0.39 is 11.7 Å². The number of methoxy groups -OCH3 is 1. The number of piperidine rings is 1. The fraction of sp³-hybridized carbons (Fsp3) is 0.273. The Kier molecular flexibility index (Phi) is 6.60. The van der Waals surface area contributed by atoms with E-state index in [-0.39, 0.29) is 17.0 Å². The Morgan fingerprint density at radius 2 is 1.91 bits per heavy atom. The van der Waals surface area contributed by atoms with Gasteiger partial charge in [0.15, 0.2) is 0 Å². The predicted octanol–water partition coefficient (Wildman–Crippen LogP) is 4.35. The Labute approximate surface area is 188 Å². The molecule has 2 aromatic carbocycles. The molecular weight excluding hydrogens is 433 g/mol. The Balaban J connectivity index is 1.38. The molecule has 1 atom stereocenters. The molecule has 3 amide bonds. The number of nitrogens with one attached hydrogen (secondary N) is 2. The minimum absolute atomic E-state index is 0.00645. The Hall–Kier alpha value is -3.53. The number of amides is 3. The molecule has 1 aliphatic rings. The van der Waals surface area contributed by atoms with Crippen LogP contribution in [0.2, 0.25) is 0 Å². The van der Waals surface area contributed by atoms with E-state index in [1.807, 2.05) is 12.1 Å². The van der Waals surface area contributed by atoms with Gasteiger partial charge < -0.3 is 20.3 Å². The summed E-state index contributed by atoms with van der Waals surface area (Å²) in [5, 5.41) is 14.6. The number of urea groups is 1. The van der Waals surface area contributed by atoms with Gasteiger partial charge in [-0.3, -0.25) is 4.79 Å². The first-order valence-electron chi connectivity index (χ1n) is 10.1. The Bertz CT molecular complexity index is 1120. The van der Waals surface area contributed by atoms with Crippen LogP contribution >= 0.6 is 11.3 Å². The monoisotopic (exact) mass is 455 g/mol. The number of likely N-dealkylation sites (tertiary alicyclic amines) is 1. The lowest BCUT2D eigenvalue weighted by molar-refractivity contribution is 0.102. The van der Waals surface area contributed by atoms with Crippen molar-refractivity contribution in [2.24, 2.45) is 0 Å². The molecule has 2 heterocycles. The van der Waals surface area contributed by atoms with Gasteiger partial charge in [0.2, 0.25) is 5.01 Å². The summed E-state index contributed by atoms with van der Waals surface area (Å²) in [6.07, 6.45) is 1.67. The van der Waals surface area contributed by atoms with E-state index in [1.165, 1.54) is 29.5 Å². The number of benzene rings is 2. The maximum Gasteiger partial charge on any atom is 0.321 e. The van der Waals surface area contributed by atoms with Crippen LogP contribution in [0.15, 0.2) is 48.5 Å². The van der Waals surface area contributed by atoms with E-state index in [0.717, 1.165) is 12.8 Å². The number of hydrogen-bond donors (Lipinski definition) is 2. The quantitative estimate of drug-likeness (QED) is 0.596. The van der Waals surface area contributed by atoms with Gasteiger partial charge >= 0.3 is 6.03 Å². The number of ether oxygens (including phenoxy) is 1. The summed E-state index contributed by atoms with van der Waals surface area (Å²) in [5.74, 6) is -0.219. The maximum absolute atomic E-state index is 13.3. The van der Waals surface area contributed by atoms with Crippen molar-refractivity contribution >= 4 is 34.6 Å². The molecule has 1 saturated heterocycles. The second kappa shape index (κ2) is 9.73. The molecule has 32 heavy (non-hydrogen) atoms. The summed E-state index contributed by atoms with van der Waals surface area (Å²) < 4.78 is 18.5. The second-order valence-corrected chi connectivity index (χ2v) is 8.37. The standard InChI is InChI=1S/C22H22FN5O3S/c1-31-18-9-3-8-17(12-18)25-22(30)28-10-4-5-14(13-28)20-26-27-21(32-20)19(29)24-16-7-2-6-15(23)11-16/h2-3,6-9,11-12,14H,4-5,10,13H2,1H3,(H,24,29)(H,25,30)/t14-/m1/s1. The van der Waals surface area contributed by atoms with E-state index in [2.05, 4.69) is 20.8 Å². The minimum Gasteiger partial charge on any atom is -0.497 e. The number of nitrogens with zero attached hydrogens (tertiary/aromatic N) is 3. The normalized spacial score (nSPS) is 15.8. The molecule has 0 aliphatic carbocycles. The molecule has 8 nitrogen and oxygen atoms in total. The van der Waals surface area contributed by atoms with Crippen molar-refractivity contribution in [3.05, 3.63) is 64.4 Å². The molecule has 1 aromatic heterocycles. The van der Waals surface area contributed by atoms with Crippen molar-refractivity contribution in [2.45, 2.75) is 18.8 Å². The molecular formula is C22H22FN5O3S. The van der Waals surface area contributed by atoms with Gasteiger partial charge in [-0.05, 0) is 43.2 Å². The van der Waals surface area contributed by atoms with Crippen LogP contribution in [0, 0.1) is 5.82 Å². The summed E-state index contributed by atoms with van der Waals surface area (Å²) in [6.45, 7) is 1.12. The highest BCUT2D eigenvalue weighted by molar-refractivity contribution is 7.13. The van der Waals surface area contributed by atoms with Gasteiger partial charge in [0.25, 0.3) is 5.91 Å². The Morgan fingerprint density at radius 1 is 1.12 bits per heavy atom. The van der Waals surface area contributed by atoms with Crippen LogP contribution in [0.25, 0.3) is 0 Å². The summed E-state index contributed by atoms with van der Waals surface area (Å²) in [7, 11) is 1.57. The Morgan fingerprint density at radius 3 is 2.69 bits per heavy atom. The van der Waals surface area contributed by atoms with Gasteiger partial charge in [-0.25, -0.2) is 9.18 Å². The molecule has 2 N–H and O–H groups in total. The molecule has 4 rings (SSSR count). The van der Waals surface area contributed by atoms with Crippen LogP contribution in [-0.4, -0.2) is 47.2 Å². The average molecular weight is 456 g/mol. The predicted molar refractivity (Wildman–Crippen MR) is 120 cm³/mol. The van der Waals surface area contributed by atoms with Gasteiger partial charge in [-0.2, -0.15) is 0 Å². The lowest BCUT2D eigenvalue weighted by Gasteiger charge is -2.31. The van der Waals surface area contributed by atoms with E-state index >= 15 is 0 Å². The third-order valence-electron chi connectivity index (χ3n) is 5.10. The van der Waals surface area contributed by atoms with Crippen molar-refractivity contribution in [1.29, 1.82) is 0 Å². The zero-order valence-corrected chi connectivity index (χ0v) is 18.2. The summed E-state index contributed by atoms with van der Waals surface area (Å²) in [5.41, 5.74) is 1.01. The first-order chi connectivity index (χ1) is 15.5. The largest absolute Gasteiger partial charge is 0.497 e. The number of carbonyl (C=O) groups excluding carboxylic acids is 2. The first-order valence-corrected chi connectivity index (χ1v) is 10.9. The molecule has 3 aromatic rings. The highest BCUT2D eigenvalue weighted by Gasteiger charge is 2.28. The fourth-order valence-electron chi connectivity index (χ4n) is 3.51. The molecule has 1 aliphatic heterocycles. The van der Waals surface area contributed by atoms with Gasteiger partial charge in [0.05, 0.1) is 7.11 Å².